The van der Waals surface area contributed by atoms with Crippen LogP contribution in [0.2, 0.25) is 5.02 Å². The highest BCUT2D eigenvalue weighted by atomic mass is 35.5. The SMILES string of the molecule is O=C(NC(c1cccc(Cl)c1)C1CCC(NCCc2ccccc2)CC1)C(F)(F)F. The van der Waals surface area contributed by atoms with E-state index in [-0.39, 0.29) is 5.92 Å². The van der Waals surface area contributed by atoms with Crippen molar-refractivity contribution in [2.45, 2.75) is 50.4 Å². The van der Waals surface area contributed by atoms with E-state index in [1.54, 1.807) is 24.3 Å². The van der Waals surface area contributed by atoms with E-state index in [0.717, 1.165) is 38.6 Å². The normalized spacial score (nSPS) is 20.5. The Balaban J connectivity index is 1.58. The highest BCUT2D eigenvalue weighted by Gasteiger charge is 2.41. The molecule has 0 bridgehead atoms. The van der Waals surface area contributed by atoms with Crippen LogP contribution < -0.4 is 10.6 Å². The molecule has 1 aliphatic rings. The number of nitrogens with one attached hydrogen (secondary N) is 2. The molecule has 30 heavy (non-hydrogen) atoms. The van der Waals surface area contributed by atoms with Crippen LogP contribution in [-0.2, 0) is 11.2 Å². The van der Waals surface area contributed by atoms with Crippen LogP contribution in [0.15, 0.2) is 54.6 Å². The molecule has 0 aliphatic heterocycles. The molecular weight excluding hydrogens is 413 g/mol. The molecule has 1 amide bonds. The molecule has 1 aliphatic carbocycles. The van der Waals surface area contributed by atoms with Gasteiger partial charge in [0, 0.05) is 11.1 Å². The van der Waals surface area contributed by atoms with Crippen LogP contribution in [0.5, 0.6) is 0 Å². The fourth-order valence-corrected chi connectivity index (χ4v) is 4.32. The van der Waals surface area contributed by atoms with E-state index in [2.05, 4.69) is 22.8 Å². The first-order valence-electron chi connectivity index (χ1n) is 10.2. The Kier molecular flexibility index (Phi) is 7.78. The summed E-state index contributed by atoms with van der Waals surface area (Å²) in [5.74, 6) is -1.97. The van der Waals surface area contributed by atoms with Gasteiger partial charge in [0.05, 0.1) is 6.04 Å². The Morgan fingerprint density at radius 1 is 1.03 bits per heavy atom. The number of carbonyl (C=O) groups is 1. The molecule has 3 rings (SSSR count). The minimum absolute atomic E-state index is 0.0676. The van der Waals surface area contributed by atoms with Gasteiger partial charge in [-0.05, 0) is 67.8 Å². The van der Waals surface area contributed by atoms with Crippen LogP contribution in [0, 0.1) is 5.92 Å². The average Bonchev–Trinajstić information content (AvgIpc) is 2.72. The lowest BCUT2D eigenvalue weighted by molar-refractivity contribution is -0.175. The Labute approximate surface area is 180 Å². The van der Waals surface area contributed by atoms with Crippen LogP contribution in [-0.4, -0.2) is 24.7 Å². The van der Waals surface area contributed by atoms with E-state index in [9.17, 15) is 18.0 Å². The molecule has 3 nitrogen and oxygen atoms in total. The molecule has 1 atom stereocenters. The Morgan fingerprint density at radius 2 is 1.73 bits per heavy atom. The topological polar surface area (TPSA) is 41.1 Å². The molecule has 2 aromatic rings. The van der Waals surface area contributed by atoms with Crippen molar-refractivity contribution in [3.8, 4) is 0 Å². The Morgan fingerprint density at radius 3 is 2.37 bits per heavy atom. The maximum atomic E-state index is 12.9. The van der Waals surface area contributed by atoms with Crippen LogP contribution in [0.25, 0.3) is 0 Å². The second-order valence-corrected chi connectivity index (χ2v) is 8.24. The van der Waals surface area contributed by atoms with Crippen molar-refractivity contribution in [1.82, 2.24) is 10.6 Å². The lowest BCUT2D eigenvalue weighted by Crippen LogP contribution is -2.43. The summed E-state index contributed by atoms with van der Waals surface area (Å²) in [6.45, 7) is 0.863. The molecule has 7 heteroatoms. The highest BCUT2D eigenvalue weighted by Crippen LogP contribution is 2.36. The first-order chi connectivity index (χ1) is 14.3. The summed E-state index contributed by atoms with van der Waals surface area (Å²) in [6.07, 6.45) is -0.784. The van der Waals surface area contributed by atoms with Crippen molar-refractivity contribution in [2.75, 3.05) is 6.54 Å². The number of amides is 1. The molecule has 0 radical (unpaired) electrons. The second-order valence-electron chi connectivity index (χ2n) is 7.81. The maximum Gasteiger partial charge on any atom is 0.471 e. The number of benzene rings is 2. The van der Waals surface area contributed by atoms with Crippen LogP contribution in [0.4, 0.5) is 13.2 Å². The quantitative estimate of drug-likeness (QED) is 0.603. The van der Waals surface area contributed by atoms with Gasteiger partial charge in [-0.3, -0.25) is 4.79 Å². The third kappa shape index (κ3) is 6.47. The van der Waals surface area contributed by atoms with E-state index in [0.29, 0.717) is 16.6 Å². The molecule has 1 unspecified atom stereocenters. The zero-order valence-corrected chi connectivity index (χ0v) is 17.3. The molecule has 0 aromatic heterocycles. The average molecular weight is 439 g/mol. The number of rotatable bonds is 7. The van der Waals surface area contributed by atoms with Gasteiger partial charge in [-0.25, -0.2) is 0 Å². The predicted octanol–water partition coefficient (Wildman–Crippen LogP) is 5.45. The predicted molar refractivity (Wildman–Crippen MR) is 112 cm³/mol. The summed E-state index contributed by atoms with van der Waals surface area (Å²) in [4.78, 5) is 11.6. The van der Waals surface area contributed by atoms with Crippen LogP contribution >= 0.6 is 11.6 Å². The van der Waals surface area contributed by atoms with Crippen LogP contribution in [0.3, 0.4) is 0 Å². The van der Waals surface area contributed by atoms with E-state index in [4.69, 9.17) is 11.6 Å². The van der Waals surface area contributed by atoms with Crippen molar-refractivity contribution in [3.63, 3.8) is 0 Å². The van der Waals surface area contributed by atoms with Gasteiger partial charge in [-0.1, -0.05) is 54.1 Å². The van der Waals surface area contributed by atoms with Crippen molar-refractivity contribution in [2.24, 2.45) is 5.92 Å². The zero-order valence-electron chi connectivity index (χ0n) is 16.6. The molecule has 0 spiro atoms. The highest BCUT2D eigenvalue weighted by molar-refractivity contribution is 6.30. The number of hydrogen-bond donors (Lipinski definition) is 2. The summed E-state index contributed by atoms with van der Waals surface area (Å²) in [6, 6.07) is 16.6. The minimum Gasteiger partial charge on any atom is -0.341 e. The third-order valence-electron chi connectivity index (χ3n) is 5.68. The second kappa shape index (κ2) is 10.3. The van der Waals surface area contributed by atoms with Crippen LogP contribution in [0.1, 0.15) is 42.9 Å². The lowest BCUT2D eigenvalue weighted by atomic mass is 9.79. The van der Waals surface area contributed by atoms with Gasteiger partial charge in [0.15, 0.2) is 0 Å². The fourth-order valence-electron chi connectivity index (χ4n) is 4.12. The number of hydrogen-bond acceptors (Lipinski definition) is 2. The molecule has 2 N–H and O–H groups in total. The van der Waals surface area contributed by atoms with Gasteiger partial charge in [0.2, 0.25) is 0 Å². The monoisotopic (exact) mass is 438 g/mol. The van der Waals surface area contributed by atoms with Gasteiger partial charge in [-0.2, -0.15) is 13.2 Å². The summed E-state index contributed by atoms with van der Waals surface area (Å²) in [5, 5.41) is 6.20. The van der Waals surface area contributed by atoms with E-state index in [1.165, 1.54) is 5.56 Å². The summed E-state index contributed by atoms with van der Waals surface area (Å²) in [7, 11) is 0. The smallest absolute Gasteiger partial charge is 0.341 e. The van der Waals surface area contributed by atoms with Gasteiger partial charge in [0.1, 0.15) is 0 Å². The fraction of sp³-hybridized carbons (Fsp3) is 0.435. The van der Waals surface area contributed by atoms with E-state index < -0.39 is 18.1 Å². The number of halogens is 4. The first kappa shape index (κ1) is 22.6. The standard InChI is InChI=1S/C23H26ClF3N2O/c24-19-8-4-7-18(15-19)21(29-22(30)23(25,26)27)17-9-11-20(12-10-17)28-14-13-16-5-2-1-3-6-16/h1-8,15,17,20-21,28H,9-14H2,(H,29,30). The maximum absolute atomic E-state index is 12.9. The summed E-state index contributed by atoms with van der Waals surface area (Å²) >= 11 is 6.04. The lowest BCUT2D eigenvalue weighted by Gasteiger charge is -2.35. The largest absolute Gasteiger partial charge is 0.471 e. The van der Waals surface area contributed by atoms with Gasteiger partial charge in [0.25, 0.3) is 0 Å². The number of alkyl halides is 3. The van der Waals surface area contributed by atoms with Crippen molar-refractivity contribution in [3.05, 3.63) is 70.7 Å². The summed E-state index contributed by atoms with van der Waals surface area (Å²) in [5.41, 5.74) is 1.88. The van der Waals surface area contributed by atoms with Crippen molar-refractivity contribution in [1.29, 1.82) is 0 Å². The molecular formula is C23H26ClF3N2O. The molecule has 2 aromatic carbocycles. The zero-order chi connectivity index (χ0) is 21.6. The Hall–Kier alpha value is -2.05. The molecule has 0 heterocycles. The minimum atomic E-state index is -4.91. The number of carbonyl (C=O) groups excluding carboxylic acids is 1. The Bertz CT molecular complexity index is 821. The van der Waals surface area contributed by atoms with Gasteiger partial charge in [-0.15, -0.1) is 0 Å². The molecule has 1 fully saturated rings. The van der Waals surface area contributed by atoms with Gasteiger partial charge < -0.3 is 10.6 Å². The van der Waals surface area contributed by atoms with E-state index in [1.807, 2.05) is 18.2 Å². The van der Waals surface area contributed by atoms with Crippen molar-refractivity contribution < 1.29 is 18.0 Å². The molecule has 162 valence electrons. The molecule has 0 saturated heterocycles. The molecule has 1 saturated carbocycles. The van der Waals surface area contributed by atoms with Gasteiger partial charge >= 0.3 is 12.1 Å². The van der Waals surface area contributed by atoms with Crippen molar-refractivity contribution >= 4 is 17.5 Å². The summed E-state index contributed by atoms with van der Waals surface area (Å²) < 4.78 is 38.6. The third-order valence-corrected chi connectivity index (χ3v) is 5.92. The first-order valence-corrected chi connectivity index (χ1v) is 10.6. The van der Waals surface area contributed by atoms with E-state index >= 15 is 0 Å².